The lowest BCUT2D eigenvalue weighted by Crippen LogP contribution is -2.30. The van der Waals surface area contributed by atoms with E-state index in [0.717, 1.165) is 36.0 Å². The largest absolute Gasteiger partial charge is 0.486 e. The van der Waals surface area contributed by atoms with Gasteiger partial charge in [0.15, 0.2) is 0 Å². The number of ether oxygens (including phenoxy) is 1. The number of likely N-dealkylation sites (tertiary alicyclic amines) is 1. The van der Waals surface area contributed by atoms with E-state index in [-0.39, 0.29) is 12.0 Å². The minimum Gasteiger partial charge on any atom is -0.486 e. The van der Waals surface area contributed by atoms with Crippen molar-refractivity contribution in [3.8, 4) is 5.75 Å². The van der Waals surface area contributed by atoms with Gasteiger partial charge in [-0.25, -0.2) is 0 Å². The molecule has 1 unspecified atom stereocenters. The molecule has 2 aromatic rings. The van der Waals surface area contributed by atoms with Crippen LogP contribution in [0.2, 0.25) is 0 Å². The topological polar surface area (TPSA) is 42.4 Å². The maximum Gasteiger partial charge on any atom is 0.222 e. The Morgan fingerprint density at radius 3 is 3.10 bits per heavy atom. The van der Waals surface area contributed by atoms with Crippen molar-refractivity contribution < 1.29 is 9.53 Å². The number of benzene rings is 1. The third-order valence-corrected chi connectivity index (χ3v) is 3.85. The van der Waals surface area contributed by atoms with Gasteiger partial charge < -0.3 is 9.64 Å². The van der Waals surface area contributed by atoms with Crippen LogP contribution in [0, 0.1) is 0 Å². The molecule has 110 valence electrons. The molecule has 1 amide bonds. The minimum absolute atomic E-state index is 0.0680. The number of para-hydroxylation sites is 1. The smallest absolute Gasteiger partial charge is 0.222 e. The Morgan fingerprint density at radius 1 is 1.38 bits per heavy atom. The summed E-state index contributed by atoms with van der Waals surface area (Å²) in [5, 5.41) is 1.08. The molecule has 0 radical (unpaired) electrons. The quantitative estimate of drug-likeness (QED) is 0.866. The van der Waals surface area contributed by atoms with E-state index in [1.165, 1.54) is 0 Å². The Balaban J connectivity index is 1.71. The van der Waals surface area contributed by atoms with Gasteiger partial charge in [0.1, 0.15) is 17.4 Å². The third-order valence-electron chi connectivity index (χ3n) is 3.85. The second-order valence-electron chi connectivity index (χ2n) is 5.45. The van der Waals surface area contributed by atoms with Gasteiger partial charge in [0.05, 0.1) is 6.54 Å². The number of fused-ring (bicyclic) bond motifs is 1. The Kier molecular flexibility index (Phi) is 4.04. The van der Waals surface area contributed by atoms with E-state index >= 15 is 0 Å². The van der Waals surface area contributed by atoms with Gasteiger partial charge in [-0.05, 0) is 18.6 Å². The predicted molar refractivity (Wildman–Crippen MR) is 82.3 cm³/mol. The molecule has 3 rings (SSSR count). The van der Waals surface area contributed by atoms with Crippen LogP contribution in [-0.4, -0.2) is 35.0 Å². The van der Waals surface area contributed by atoms with Crippen molar-refractivity contribution in [1.82, 2.24) is 9.88 Å². The summed E-state index contributed by atoms with van der Waals surface area (Å²) in [5.41, 5.74) is 0.887. The maximum atomic E-state index is 11.9. The number of carbonyl (C=O) groups is 1. The fraction of sp³-hybridized carbons (Fsp3) is 0.412. The monoisotopic (exact) mass is 284 g/mol. The number of pyridine rings is 1. The zero-order valence-corrected chi connectivity index (χ0v) is 12.3. The summed E-state index contributed by atoms with van der Waals surface area (Å²) < 4.78 is 6.09. The molecule has 2 heterocycles. The predicted octanol–water partition coefficient (Wildman–Crippen LogP) is 3.01. The Labute approximate surface area is 124 Å². The second kappa shape index (κ2) is 6.12. The molecule has 1 fully saturated rings. The first-order chi connectivity index (χ1) is 10.3. The van der Waals surface area contributed by atoms with Gasteiger partial charge >= 0.3 is 0 Å². The van der Waals surface area contributed by atoms with E-state index in [1.807, 2.05) is 42.2 Å². The molecule has 1 aliphatic rings. The fourth-order valence-electron chi connectivity index (χ4n) is 2.77. The van der Waals surface area contributed by atoms with Crippen molar-refractivity contribution in [2.24, 2.45) is 0 Å². The van der Waals surface area contributed by atoms with Crippen LogP contribution in [0.1, 0.15) is 26.2 Å². The molecule has 4 heteroatoms. The molecule has 1 aliphatic heterocycles. The highest BCUT2D eigenvalue weighted by Crippen LogP contribution is 2.26. The summed E-state index contributed by atoms with van der Waals surface area (Å²) >= 11 is 0. The van der Waals surface area contributed by atoms with Gasteiger partial charge in [-0.15, -0.1) is 0 Å². The van der Waals surface area contributed by atoms with E-state index < -0.39 is 0 Å². The van der Waals surface area contributed by atoms with Gasteiger partial charge in [0.25, 0.3) is 0 Å². The fourth-order valence-corrected chi connectivity index (χ4v) is 2.77. The van der Waals surface area contributed by atoms with E-state index in [0.29, 0.717) is 13.0 Å². The standard InChI is InChI=1S/C17H20N2O2/c1-2-5-16(20)19-11-9-14(12-19)21-15-8-3-6-13-7-4-10-18-17(13)15/h3-4,6-8,10,14H,2,5,9,11-12H2,1H3. The number of rotatable bonds is 4. The zero-order valence-electron chi connectivity index (χ0n) is 12.3. The highest BCUT2D eigenvalue weighted by molar-refractivity contribution is 5.84. The van der Waals surface area contributed by atoms with Gasteiger partial charge in [-0.3, -0.25) is 9.78 Å². The average Bonchev–Trinajstić information content (AvgIpc) is 2.97. The number of hydrogen-bond acceptors (Lipinski definition) is 3. The minimum atomic E-state index is 0.0680. The number of hydrogen-bond donors (Lipinski definition) is 0. The Hall–Kier alpha value is -2.10. The zero-order chi connectivity index (χ0) is 14.7. The van der Waals surface area contributed by atoms with Gasteiger partial charge in [0, 0.05) is 31.0 Å². The van der Waals surface area contributed by atoms with Crippen molar-refractivity contribution >= 4 is 16.8 Å². The van der Waals surface area contributed by atoms with Crippen molar-refractivity contribution in [3.63, 3.8) is 0 Å². The molecular formula is C17H20N2O2. The van der Waals surface area contributed by atoms with Crippen LogP contribution in [0.4, 0.5) is 0 Å². The molecule has 21 heavy (non-hydrogen) atoms. The summed E-state index contributed by atoms with van der Waals surface area (Å²) in [6.07, 6.45) is 4.26. The van der Waals surface area contributed by atoms with Crippen LogP contribution in [0.3, 0.4) is 0 Å². The van der Waals surface area contributed by atoms with Gasteiger partial charge in [-0.2, -0.15) is 0 Å². The van der Waals surface area contributed by atoms with Crippen molar-refractivity contribution in [2.75, 3.05) is 13.1 Å². The molecular weight excluding hydrogens is 264 g/mol. The maximum absolute atomic E-state index is 11.9. The van der Waals surface area contributed by atoms with Gasteiger partial charge in [0.2, 0.25) is 5.91 Å². The molecule has 0 N–H and O–H groups in total. The lowest BCUT2D eigenvalue weighted by molar-refractivity contribution is -0.130. The van der Waals surface area contributed by atoms with E-state index in [1.54, 1.807) is 6.20 Å². The molecule has 0 bridgehead atoms. The Bertz CT molecular complexity index is 636. The first kappa shape index (κ1) is 13.9. The molecule has 1 atom stereocenters. The van der Waals surface area contributed by atoms with Crippen LogP contribution in [0.5, 0.6) is 5.75 Å². The highest BCUT2D eigenvalue weighted by atomic mass is 16.5. The van der Waals surface area contributed by atoms with Crippen LogP contribution in [0.15, 0.2) is 36.5 Å². The van der Waals surface area contributed by atoms with Crippen molar-refractivity contribution in [1.29, 1.82) is 0 Å². The lowest BCUT2D eigenvalue weighted by atomic mass is 10.2. The van der Waals surface area contributed by atoms with Crippen LogP contribution in [0.25, 0.3) is 10.9 Å². The van der Waals surface area contributed by atoms with Gasteiger partial charge in [-0.1, -0.05) is 25.1 Å². The molecule has 0 spiro atoms. The summed E-state index contributed by atoms with van der Waals surface area (Å²) in [6.45, 7) is 3.51. The van der Waals surface area contributed by atoms with E-state index in [9.17, 15) is 4.79 Å². The first-order valence-electron chi connectivity index (χ1n) is 7.56. The number of amides is 1. The average molecular weight is 284 g/mol. The molecule has 1 aromatic heterocycles. The van der Waals surface area contributed by atoms with Crippen LogP contribution in [-0.2, 0) is 4.79 Å². The summed E-state index contributed by atoms with van der Waals surface area (Å²) in [6, 6.07) is 9.91. The molecule has 0 saturated carbocycles. The summed E-state index contributed by atoms with van der Waals surface area (Å²) in [4.78, 5) is 18.2. The van der Waals surface area contributed by atoms with Crippen molar-refractivity contribution in [2.45, 2.75) is 32.3 Å². The molecule has 1 saturated heterocycles. The molecule has 0 aliphatic carbocycles. The number of nitrogens with zero attached hydrogens (tertiary/aromatic N) is 2. The Morgan fingerprint density at radius 2 is 2.24 bits per heavy atom. The number of aromatic nitrogens is 1. The summed E-state index contributed by atoms with van der Waals surface area (Å²) in [5.74, 6) is 1.04. The highest BCUT2D eigenvalue weighted by Gasteiger charge is 2.27. The second-order valence-corrected chi connectivity index (χ2v) is 5.45. The van der Waals surface area contributed by atoms with E-state index in [4.69, 9.17) is 4.74 Å². The van der Waals surface area contributed by atoms with Crippen molar-refractivity contribution in [3.05, 3.63) is 36.5 Å². The van der Waals surface area contributed by atoms with Crippen LogP contribution < -0.4 is 4.74 Å². The number of carbonyl (C=O) groups excluding carboxylic acids is 1. The molecule has 1 aromatic carbocycles. The SMILES string of the molecule is CCCC(=O)N1CCC(Oc2cccc3cccnc23)C1. The molecule has 4 nitrogen and oxygen atoms in total. The summed E-state index contributed by atoms with van der Waals surface area (Å²) in [7, 11) is 0. The first-order valence-corrected chi connectivity index (χ1v) is 7.56. The van der Waals surface area contributed by atoms with E-state index in [2.05, 4.69) is 4.98 Å². The lowest BCUT2D eigenvalue weighted by Gasteiger charge is -2.17. The van der Waals surface area contributed by atoms with Crippen LogP contribution >= 0.6 is 0 Å². The third kappa shape index (κ3) is 2.99. The normalized spacial score (nSPS) is 18.1.